The van der Waals surface area contributed by atoms with Crippen LogP contribution in [-0.4, -0.2) is 26.9 Å². The van der Waals surface area contributed by atoms with Crippen molar-refractivity contribution in [2.24, 2.45) is 0 Å². The minimum absolute atomic E-state index is 0.0172. The van der Waals surface area contributed by atoms with Crippen molar-refractivity contribution in [3.63, 3.8) is 0 Å². The monoisotopic (exact) mass is 395 g/mol. The molecule has 0 spiro atoms. The zero-order valence-electron chi connectivity index (χ0n) is 16.9. The summed E-state index contributed by atoms with van der Waals surface area (Å²) in [6.07, 6.45) is 3.78. The number of nitrogens with zero attached hydrogens (tertiary/aromatic N) is 3. The number of aryl methyl sites for hydroxylation is 3. The van der Waals surface area contributed by atoms with E-state index in [1.165, 1.54) is 22.3 Å². The van der Waals surface area contributed by atoms with Crippen LogP contribution in [0, 0.1) is 20.8 Å². The fraction of sp³-hybridized carbons (Fsp3) is 0.304. The molecule has 28 heavy (non-hydrogen) atoms. The second-order valence-electron chi connectivity index (χ2n) is 7.17. The number of carbonyl (C=O) groups is 1. The Balaban J connectivity index is 1.81. The fourth-order valence-electron chi connectivity index (χ4n) is 3.54. The van der Waals surface area contributed by atoms with Crippen LogP contribution in [0.4, 0.5) is 0 Å². The number of hydrogen-bond donors (Lipinski definition) is 0. The van der Waals surface area contributed by atoms with E-state index in [1.54, 1.807) is 35.4 Å². The topological polar surface area (TPSA) is 38.1 Å². The summed E-state index contributed by atoms with van der Waals surface area (Å²) in [5.74, 6) is 0.861. The summed E-state index contributed by atoms with van der Waals surface area (Å²) < 4.78 is 2.13. The molecule has 0 saturated heterocycles. The highest BCUT2D eigenvalue weighted by Crippen LogP contribution is 2.19. The van der Waals surface area contributed by atoms with Crippen molar-refractivity contribution in [3.8, 4) is 0 Å². The third kappa shape index (κ3) is 4.45. The average Bonchev–Trinajstić information content (AvgIpc) is 3.09. The predicted octanol–water partition coefficient (Wildman–Crippen LogP) is 5.17. The van der Waals surface area contributed by atoms with E-state index >= 15 is 0 Å². The van der Waals surface area contributed by atoms with E-state index < -0.39 is 0 Å². The lowest BCUT2D eigenvalue weighted by molar-refractivity contribution is 0.0747. The summed E-state index contributed by atoms with van der Waals surface area (Å²) >= 11 is 5.94. The molecule has 1 aromatic heterocycles. The lowest BCUT2D eigenvalue weighted by Gasteiger charge is -2.22. The molecule has 0 aliphatic rings. The summed E-state index contributed by atoms with van der Waals surface area (Å²) in [6.45, 7) is 10.2. The molecule has 3 rings (SSSR count). The minimum Gasteiger partial charge on any atom is -0.331 e. The molecule has 2 aromatic carbocycles. The SMILES string of the molecule is CCN(Cc1nccn1Cc1c(C)cc(C)cc1C)C(=O)c1ccc(Cl)cc1. The van der Waals surface area contributed by atoms with Crippen LogP contribution in [0.3, 0.4) is 0 Å². The second-order valence-corrected chi connectivity index (χ2v) is 7.61. The van der Waals surface area contributed by atoms with E-state index in [0.29, 0.717) is 23.7 Å². The van der Waals surface area contributed by atoms with Crippen molar-refractivity contribution >= 4 is 17.5 Å². The first kappa shape index (κ1) is 20.2. The van der Waals surface area contributed by atoms with Crippen LogP contribution in [0.25, 0.3) is 0 Å². The Bertz CT molecular complexity index is 953. The molecule has 5 heteroatoms. The van der Waals surface area contributed by atoms with Crippen LogP contribution in [0.1, 0.15) is 45.4 Å². The summed E-state index contributed by atoms with van der Waals surface area (Å²) in [7, 11) is 0. The van der Waals surface area contributed by atoms with Gasteiger partial charge in [0.1, 0.15) is 5.82 Å². The lowest BCUT2D eigenvalue weighted by atomic mass is 10.00. The lowest BCUT2D eigenvalue weighted by Crippen LogP contribution is -2.31. The first-order chi connectivity index (χ1) is 13.4. The van der Waals surface area contributed by atoms with E-state index in [2.05, 4.69) is 42.5 Å². The van der Waals surface area contributed by atoms with Gasteiger partial charge in [0.25, 0.3) is 5.91 Å². The van der Waals surface area contributed by atoms with Crippen LogP contribution in [0.15, 0.2) is 48.8 Å². The molecular formula is C23H26ClN3O. The first-order valence-corrected chi connectivity index (χ1v) is 9.88. The van der Waals surface area contributed by atoms with Crippen LogP contribution in [0.2, 0.25) is 5.02 Å². The molecular weight excluding hydrogens is 370 g/mol. The first-order valence-electron chi connectivity index (χ1n) is 9.50. The molecule has 0 saturated carbocycles. The Morgan fingerprint density at radius 3 is 2.36 bits per heavy atom. The van der Waals surface area contributed by atoms with Crippen LogP contribution >= 0.6 is 11.6 Å². The molecule has 0 radical (unpaired) electrons. The molecule has 0 atom stereocenters. The number of imidazole rings is 1. The van der Waals surface area contributed by atoms with Crippen LogP contribution in [-0.2, 0) is 13.1 Å². The number of halogens is 1. The maximum Gasteiger partial charge on any atom is 0.254 e. The molecule has 4 nitrogen and oxygen atoms in total. The van der Waals surface area contributed by atoms with E-state index in [0.717, 1.165) is 12.4 Å². The van der Waals surface area contributed by atoms with Crippen molar-refractivity contribution in [2.75, 3.05) is 6.54 Å². The molecule has 146 valence electrons. The predicted molar refractivity (Wildman–Crippen MR) is 114 cm³/mol. The van der Waals surface area contributed by atoms with Crippen LogP contribution in [0.5, 0.6) is 0 Å². The molecule has 0 fully saturated rings. The Morgan fingerprint density at radius 2 is 1.75 bits per heavy atom. The van der Waals surface area contributed by atoms with E-state index in [4.69, 9.17) is 11.6 Å². The maximum atomic E-state index is 12.9. The third-order valence-corrected chi connectivity index (χ3v) is 5.31. The molecule has 0 aliphatic heterocycles. The molecule has 0 N–H and O–H groups in total. The number of amides is 1. The van der Waals surface area contributed by atoms with Crippen LogP contribution < -0.4 is 0 Å². The van der Waals surface area contributed by atoms with E-state index in [-0.39, 0.29) is 5.91 Å². The highest BCUT2D eigenvalue weighted by atomic mass is 35.5. The van der Waals surface area contributed by atoms with Gasteiger partial charge in [0.15, 0.2) is 0 Å². The Kier molecular flexibility index (Phi) is 6.20. The third-order valence-electron chi connectivity index (χ3n) is 5.06. The van der Waals surface area contributed by atoms with Gasteiger partial charge in [-0.1, -0.05) is 29.3 Å². The molecule has 0 aliphatic carbocycles. The average molecular weight is 396 g/mol. The van der Waals surface area contributed by atoms with Gasteiger partial charge in [-0.15, -0.1) is 0 Å². The quantitative estimate of drug-likeness (QED) is 0.577. The van der Waals surface area contributed by atoms with Gasteiger partial charge >= 0.3 is 0 Å². The molecule has 0 bridgehead atoms. The standard InChI is InChI=1S/C23H26ClN3O/c1-5-26(23(28)19-6-8-20(24)9-7-19)15-22-25-10-11-27(22)14-21-17(3)12-16(2)13-18(21)4/h6-13H,5,14-15H2,1-4H3. The van der Waals surface area contributed by atoms with E-state index in [9.17, 15) is 4.79 Å². The summed E-state index contributed by atoms with van der Waals surface area (Å²) in [5.41, 5.74) is 5.77. The van der Waals surface area contributed by atoms with Crippen molar-refractivity contribution in [1.82, 2.24) is 14.5 Å². The Hall–Kier alpha value is -2.59. The number of benzene rings is 2. The Labute approximate surface area is 171 Å². The highest BCUT2D eigenvalue weighted by molar-refractivity contribution is 6.30. The van der Waals surface area contributed by atoms with Gasteiger partial charge in [-0.2, -0.15) is 0 Å². The molecule has 1 amide bonds. The van der Waals surface area contributed by atoms with Gasteiger partial charge in [-0.25, -0.2) is 4.98 Å². The number of carbonyl (C=O) groups excluding carboxylic acids is 1. The highest BCUT2D eigenvalue weighted by Gasteiger charge is 2.17. The van der Waals surface area contributed by atoms with Gasteiger partial charge in [0.2, 0.25) is 0 Å². The Morgan fingerprint density at radius 1 is 1.11 bits per heavy atom. The zero-order valence-corrected chi connectivity index (χ0v) is 17.6. The van der Waals surface area contributed by atoms with Crippen molar-refractivity contribution < 1.29 is 4.79 Å². The van der Waals surface area contributed by atoms with E-state index in [1.807, 2.05) is 13.1 Å². The smallest absolute Gasteiger partial charge is 0.254 e. The maximum absolute atomic E-state index is 12.9. The van der Waals surface area contributed by atoms with Crippen molar-refractivity contribution in [1.29, 1.82) is 0 Å². The fourth-order valence-corrected chi connectivity index (χ4v) is 3.66. The zero-order chi connectivity index (χ0) is 20.3. The van der Waals surface area contributed by atoms with Crippen molar-refractivity contribution in [3.05, 3.63) is 87.5 Å². The van der Waals surface area contributed by atoms with Gasteiger partial charge < -0.3 is 9.47 Å². The summed E-state index contributed by atoms with van der Waals surface area (Å²) in [4.78, 5) is 19.2. The number of aromatic nitrogens is 2. The minimum atomic E-state index is -0.0172. The molecule has 1 heterocycles. The van der Waals surface area contributed by atoms with Gasteiger partial charge in [0.05, 0.1) is 6.54 Å². The summed E-state index contributed by atoms with van der Waals surface area (Å²) in [5, 5.41) is 0.624. The van der Waals surface area contributed by atoms with Gasteiger partial charge in [-0.05, 0) is 68.7 Å². The van der Waals surface area contributed by atoms with Crippen molar-refractivity contribution in [2.45, 2.75) is 40.8 Å². The summed E-state index contributed by atoms with van der Waals surface area (Å²) in [6, 6.07) is 11.4. The largest absolute Gasteiger partial charge is 0.331 e. The second kappa shape index (κ2) is 8.61. The molecule has 3 aromatic rings. The van der Waals surface area contributed by atoms with Gasteiger partial charge in [-0.3, -0.25) is 4.79 Å². The van der Waals surface area contributed by atoms with Gasteiger partial charge in [0, 0.05) is 36.1 Å². The molecule has 0 unspecified atom stereocenters. The number of rotatable bonds is 6. The normalized spacial score (nSPS) is 10.9. The number of hydrogen-bond acceptors (Lipinski definition) is 2.